The van der Waals surface area contributed by atoms with Gasteiger partial charge in [0.1, 0.15) is 0 Å². The Hall–Kier alpha value is -1.22. The number of hydrogen-bond acceptors (Lipinski definition) is 2. The summed E-state index contributed by atoms with van der Waals surface area (Å²) < 4.78 is 0. The van der Waals surface area contributed by atoms with Gasteiger partial charge in [0, 0.05) is 6.42 Å². The van der Waals surface area contributed by atoms with Gasteiger partial charge in [0.25, 0.3) is 0 Å². The topological polar surface area (TPSA) is 41.1 Å². The molecule has 0 fully saturated rings. The third kappa shape index (κ3) is 10.5. The molecule has 0 aliphatic rings. The highest BCUT2D eigenvalue weighted by molar-refractivity contribution is 6.33. The number of carbonyl (C=O) groups is 1. The Bertz CT molecular complexity index is 451. The van der Waals surface area contributed by atoms with Gasteiger partial charge in [-0.2, -0.15) is 0 Å². The second-order valence-corrected chi connectivity index (χ2v) is 6.85. The molecule has 0 atom stereocenters. The van der Waals surface area contributed by atoms with E-state index in [0.717, 1.165) is 18.5 Å². The number of hydrazine groups is 1. The van der Waals surface area contributed by atoms with Gasteiger partial charge in [-0.05, 0) is 18.6 Å². The predicted molar refractivity (Wildman–Crippen MR) is 104 cm³/mol. The largest absolute Gasteiger partial charge is 0.297 e. The van der Waals surface area contributed by atoms with Gasteiger partial charge >= 0.3 is 0 Å². The van der Waals surface area contributed by atoms with Gasteiger partial charge in [0.15, 0.2) is 0 Å². The summed E-state index contributed by atoms with van der Waals surface area (Å²) in [5.41, 5.74) is 6.30. The molecule has 0 saturated heterocycles. The van der Waals surface area contributed by atoms with Gasteiger partial charge < -0.3 is 0 Å². The van der Waals surface area contributed by atoms with Crippen LogP contribution in [0.4, 0.5) is 5.69 Å². The van der Waals surface area contributed by atoms with Gasteiger partial charge in [-0.15, -0.1) is 0 Å². The first-order valence-electron chi connectivity index (χ1n) is 9.53. The molecule has 1 aromatic carbocycles. The molecule has 1 rings (SSSR count). The van der Waals surface area contributed by atoms with E-state index in [1.807, 2.05) is 18.2 Å². The van der Waals surface area contributed by atoms with Crippen LogP contribution in [0.15, 0.2) is 24.3 Å². The van der Waals surface area contributed by atoms with Crippen molar-refractivity contribution >= 4 is 23.2 Å². The van der Waals surface area contributed by atoms with Crippen molar-refractivity contribution in [3.05, 3.63) is 29.3 Å². The van der Waals surface area contributed by atoms with Gasteiger partial charge in [-0.3, -0.25) is 15.6 Å². The van der Waals surface area contributed by atoms with Crippen molar-refractivity contribution < 1.29 is 4.79 Å². The average Bonchev–Trinajstić information content (AvgIpc) is 2.59. The molecule has 0 radical (unpaired) electrons. The van der Waals surface area contributed by atoms with Crippen LogP contribution in [0.1, 0.15) is 84.0 Å². The first-order chi connectivity index (χ1) is 11.7. The van der Waals surface area contributed by atoms with Crippen LogP contribution >= 0.6 is 11.6 Å². The minimum atomic E-state index is 0.0193. The summed E-state index contributed by atoms with van der Waals surface area (Å²) in [5.74, 6) is 0.0193. The van der Waals surface area contributed by atoms with Crippen molar-refractivity contribution in [2.24, 2.45) is 0 Å². The maximum absolute atomic E-state index is 11.8. The fraction of sp³-hybridized carbons (Fsp3) is 0.650. The molecule has 4 heteroatoms. The van der Waals surface area contributed by atoms with Gasteiger partial charge in [-0.1, -0.05) is 94.9 Å². The van der Waals surface area contributed by atoms with E-state index in [9.17, 15) is 4.79 Å². The molecule has 24 heavy (non-hydrogen) atoms. The van der Waals surface area contributed by atoms with E-state index < -0.39 is 0 Å². The fourth-order valence-electron chi connectivity index (χ4n) is 2.71. The highest BCUT2D eigenvalue weighted by Gasteiger charge is 2.02. The summed E-state index contributed by atoms with van der Waals surface area (Å²) >= 11 is 6.02. The number of hydrogen-bond donors (Lipinski definition) is 2. The lowest BCUT2D eigenvalue weighted by Crippen LogP contribution is -2.29. The Morgan fingerprint density at radius 1 is 0.875 bits per heavy atom. The molecule has 0 aliphatic heterocycles. The molecular weight excluding hydrogens is 320 g/mol. The summed E-state index contributed by atoms with van der Waals surface area (Å²) in [6.07, 6.45) is 14.8. The SMILES string of the molecule is CCCCCCCCCCCCCC(=O)NNc1ccccc1Cl. The fourth-order valence-corrected chi connectivity index (χ4v) is 2.89. The molecule has 0 saturated carbocycles. The quantitative estimate of drug-likeness (QED) is 0.297. The maximum atomic E-state index is 11.8. The zero-order chi connectivity index (χ0) is 17.5. The molecule has 1 amide bonds. The lowest BCUT2D eigenvalue weighted by molar-refractivity contribution is -0.120. The van der Waals surface area contributed by atoms with Crippen molar-refractivity contribution in [1.29, 1.82) is 0 Å². The lowest BCUT2D eigenvalue weighted by atomic mass is 10.1. The Kier molecular flexibility index (Phi) is 12.3. The van der Waals surface area contributed by atoms with E-state index >= 15 is 0 Å². The number of para-hydroxylation sites is 1. The summed E-state index contributed by atoms with van der Waals surface area (Å²) in [4.78, 5) is 11.8. The molecule has 3 nitrogen and oxygen atoms in total. The number of benzene rings is 1. The molecule has 0 aromatic heterocycles. The molecule has 0 spiro atoms. The van der Waals surface area contributed by atoms with Crippen molar-refractivity contribution in [3.63, 3.8) is 0 Å². The Morgan fingerprint density at radius 3 is 2.00 bits per heavy atom. The second-order valence-electron chi connectivity index (χ2n) is 6.44. The van der Waals surface area contributed by atoms with Crippen LogP contribution in [0, 0.1) is 0 Å². The normalized spacial score (nSPS) is 10.6. The number of rotatable bonds is 14. The van der Waals surface area contributed by atoms with Gasteiger partial charge in [-0.25, -0.2) is 0 Å². The number of halogens is 1. The van der Waals surface area contributed by atoms with Crippen molar-refractivity contribution in [1.82, 2.24) is 5.43 Å². The summed E-state index contributed by atoms with van der Waals surface area (Å²) in [7, 11) is 0. The first-order valence-corrected chi connectivity index (χ1v) is 9.91. The smallest absolute Gasteiger partial charge is 0.238 e. The van der Waals surface area contributed by atoms with E-state index in [4.69, 9.17) is 11.6 Å². The number of nitrogens with one attached hydrogen (secondary N) is 2. The minimum absolute atomic E-state index is 0.0193. The highest BCUT2D eigenvalue weighted by atomic mass is 35.5. The first kappa shape index (κ1) is 20.8. The average molecular weight is 353 g/mol. The number of unbranched alkanes of at least 4 members (excludes halogenated alkanes) is 10. The summed E-state index contributed by atoms with van der Waals surface area (Å²) in [6.45, 7) is 2.26. The van der Waals surface area contributed by atoms with E-state index in [1.165, 1.54) is 57.8 Å². The zero-order valence-corrected chi connectivity index (χ0v) is 15.8. The van der Waals surface area contributed by atoms with Gasteiger partial charge in [0.2, 0.25) is 5.91 Å². The highest BCUT2D eigenvalue weighted by Crippen LogP contribution is 2.19. The lowest BCUT2D eigenvalue weighted by Gasteiger charge is -2.09. The summed E-state index contributed by atoms with van der Waals surface area (Å²) in [5, 5.41) is 0.604. The number of amides is 1. The van der Waals surface area contributed by atoms with E-state index in [0.29, 0.717) is 11.4 Å². The molecular formula is C20H33ClN2O. The van der Waals surface area contributed by atoms with Gasteiger partial charge in [0.05, 0.1) is 10.7 Å². The Labute approximate surface area is 152 Å². The number of carbonyl (C=O) groups excluding carboxylic acids is 1. The van der Waals surface area contributed by atoms with E-state index in [2.05, 4.69) is 17.8 Å². The van der Waals surface area contributed by atoms with Crippen molar-refractivity contribution in [2.45, 2.75) is 84.0 Å². The van der Waals surface area contributed by atoms with Crippen molar-refractivity contribution in [2.75, 3.05) is 5.43 Å². The summed E-state index contributed by atoms with van der Waals surface area (Å²) in [6, 6.07) is 7.37. The van der Waals surface area contributed by atoms with E-state index in [-0.39, 0.29) is 5.91 Å². The second kappa shape index (κ2) is 14.2. The molecule has 0 aliphatic carbocycles. The molecule has 1 aromatic rings. The minimum Gasteiger partial charge on any atom is -0.297 e. The molecule has 0 unspecified atom stereocenters. The third-order valence-corrected chi connectivity index (χ3v) is 4.55. The third-order valence-electron chi connectivity index (χ3n) is 4.22. The molecule has 0 bridgehead atoms. The molecule has 136 valence electrons. The Balaban J connectivity index is 1.90. The Morgan fingerprint density at radius 2 is 1.42 bits per heavy atom. The molecule has 2 N–H and O–H groups in total. The van der Waals surface area contributed by atoms with Crippen LogP contribution in [0.25, 0.3) is 0 Å². The number of anilines is 1. The molecule has 0 heterocycles. The van der Waals surface area contributed by atoms with Crippen LogP contribution in [-0.4, -0.2) is 5.91 Å². The van der Waals surface area contributed by atoms with Crippen LogP contribution in [0.2, 0.25) is 5.02 Å². The van der Waals surface area contributed by atoms with E-state index in [1.54, 1.807) is 6.07 Å². The maximum Gasteiger partial charge on any atom is 0.238 e. The standard InChI is InChI=1S/C20H33ClN2O/c1-2-3-4-5-6-7-8-9-10-11-12-17-20(24)23-22-19-16-14-13-15-18(19)21/h13-16,22H,2-12,17H2,1H3,(H,23,24). The van der Waals surface area contributed by atoms with Crippen LogP contribution in [-0.2, 0) is 4.79 Å². The monoisotopic (exact) mass is 352 g/mol. The van der Waals surface area contributed by atoms with Crippen LogP contribution in [0.5, 0.6) is 0 Å². The predicted octanol–water partition coefficient (Wildman–Crippen LogP) is 6.48. The van der Waals surface area contributed by atoms with Crippen LogP contribution < -0.4 is 10.9 Å². The van der Waals surface area contributed by atoms with Crippen molar-refractivity contribution in [3.8, 4) is 0 Å². The van der Waals surface area contributed by atoms with Crippen LogP contribution in [0.3, 0.4) is 0 Å². The zero-order valence-electron chi connectivity index (χ0n) is 15.1.